The molecule has 118 valence electrons. The molecule has 21 heavy (non-hydrogen) atoms. The summed E-state index contributed by atoms with van der Waals surface area (Å²) in [7, 11) is 1.67. The summed E-state index contributed by atoms with van der Waals surface area (Å²) in [6.45, 7) is 3.24. The SMILES string of the molecule is CCN1CC(=O)N(CCC(=O)N(C)CCC(N)=S)CC1=O. The van der Waals surface area contributed by atoms with Gasteiger partial charge in [0.2, 0.25) is 17.7 Å². The van der Waals surface area contributed by atoms with E-state index in [4.69, 9.17) is 18.0 Å². The number of piperazine rings is 1. The van der Waals surface area contributed by atoms with Crippen molar-refractivity contribution in [1.29, 1.82) is 0 Å². The summed E-state index contributed by atoms with van der Waals surface area (Å²) in [6, 6.07) is 0. The van der Waals surface area contributed by atoms with Crippen LogP contribution in [0.1, 0.15) is 19.8 Å². The van der Waals surface area contributed by atoms with Gasteiger partial charge in [-0.15, -0.1) is 0 Å². The molecule has 1 saturated heterocycles. The number of carbonyl (C=O) groups excluding carboxylic acids is 3. The van der Waals surface area contributed by atoms with Crippen LogP contribution in [0.2, 0.25) is 0 Å². The van der Waals surface area contributed by atoms with Crippen molar-refractivity contribution in [1.82, 2.24) is 14.7 Å². The van der Waals surface area contributed by atoms with Crippen LogP contribution < -0.4 is 5.73 Å². The van der Waals surface area contributed by atoms with E-state index in [1.807, 2.05) is 6.92 Å². The van der Waals surface area contributed by atoms with E-state index in [1.165, 1.54) is 14.7 Å². The number of rotatable bonds is 7. The lowest BCUT2D eigenvalue weighted by Crippen LogP contribution is -2.54. The van der Waals surface area contributed by atoms with E-state index >= 15 is 0 Å². The Morgan fingerprint density at radius 1 is 1.24 bits per heavy atom. The molecule has 0 aromatic heterocycles. The van der Waals surface area contributed by atoms with Crippen molar-refractivity contribution in [2.45, 2.75) is 19.8 Å². The maximum atomic E-state index is 11.9. The Hall–Kier alpha value is -1.70. The Morgan fingerprint density at radius 3 is 2.38 bits per heavy atom. The van der Waals surface area contributed by atoms with Crippen molar-refractivity contribution < 1.29 is 14.4 Å². The molecule has 0 spiro atoms. The molecule has 0 unspecified atom stereocenters. The van der Waals surface area contributed by atoms with Crippen LogP contribution >= 0.6 is 12.2 Å². The van der Waals surface area contributed by atoms with Gasteiger partial charge in [0.05, 0.1) is 18.1 Å². The minimum atomic E-state index is -0.116. The van der Waals surface area contributed by atoms with Gasteiger partial charge >= 0.3 is 0 Å². The quantitative estimate of drug-likeness (QED) is 0.622. The lowest BCUT2D eigenvalue weighted by Gasteiger charge is -2.33. The summed E-state index contributed by atoms with van der Waals surface area (Å²) in [5.74, 6) is -0.286. The van der Waals surface area contributed by atoms with Gasteiger partial charge in [-0.3, -0.25) is 14.4 Å². The number of likely N-dealkylation sites (N-methyl/N-ethyl adjacent to an activating group) is 1. The number of carbonyl (C=O) groups is 3. The van der Waals surface area contributed by atoms with Crippen LogP contribution in [-0.2, 0) is 14.4 Å². The molecule has 0 aromatic rings. The fourth-order valence-electron chi connectivity index (χ4n) is 2.02. The highest BCUT2D eigenvalue weighted by Crippen LogP contribution is 2.06. The van der Waals surface area contributed by atoms with Gasteiger partial charge in [-0.05, 0) is 6.92 Å². The van der Waals surface area contributed by atoms with Gasteiger partial charge in [-0.1, -0.05) is 12.2 Å². The van der Waals surface area contributed by atoms with Gasteiger partial charge in [-0.2, -0.15) is 0 Å². The number of amides is 3. The standard InChI is InChI=1S/C13H22N4O3S/c1-3-16-8-13(20)17(9-12(16)19)7-5-11(18)15(2)6-4-10(14)21/h3-9H2,1-2H3,(H2,14,21). The van der Waals surface area contributed by atoms with Gasteiger partial charge in [0, 0.05) is 39.5 Å². The van der Waals surface area contributed by atoms with Gasteiger partial charge in [0.15, 0.2) is 0 Å². The van der Waals surface area contributed by atoms with Crippen LogP contribution in [0, 0.1) is 0 Å². The highest BCUT2D eigenvalue weighted by atomic mass is 32.1. The average Bonchev–Trinajstić information content (AvgIpc) is 2.44. The van der Waals surface area contributed by atoms with Crippen molar-refractivity contribution >= 4 is 34.9 Å². The average molecular weight is 314 g/mol. The molecule has 1 aliphatic rings. The molecule has 0 radical (unpaired) electrons. The first-order chi connectivity index (χ1) is 9.85. The Kier molecular flexibility index (Phi) is 6.54. The number of nitrogens with zero attached hydrogens (tertiary/aromatic N) is 3. The number of hydrogen-bond acceptors (Lipinski definition) is 4. The first kappa shape index (κ1) is 17.4. The molecule has 0 aliphatic carbocycles. The monoisotopic (exact) mass is 314 g/mol. The van der Waals surface area contributed by atoms with E-state index in [9.17, 15) is 14.4 Å². The summed E-state index contributed by atoms with van der Waals surface area (Å²) < 4.78 is 0. The molecule has 7 nitrogen and oxygen atoms in total. The second-order valence-electron chi connectivity index (χ2n) is 5.00. The van der Waals surface area contributed by atoms with Crippen LogP contribution in [0.3, 0.4) is 0 Å². The summed E-state index contributed by atoms with van der Waals surface area (Å²) >= 11 is 4.76. The molecule has 0 saturated carbocycles. The van der Waals surface area contributed by atoms with E-state index in [-0.39, 0.29) is 43.8 Å². The number of thiocarbonyl (C=S) groups is 1. The first-order valence-corrected chi connectivity index (χ1v) is 7.33. The smallest absolute Gasteiger partial charge is 0.242 e. The van der Waals surface area contributed by atoms with Crippen molar-refractivity contribution in [2.24, 2.45) is 5.73 Å². The van der Waals surface area contributed by atoms with Crippen molar-refractivity contribution in [3.63, 3.8) is 0 Å². The van der Waals surface area contributed by atoms with E-state index in [0.717, 1.165) is 0 Å². The third-order valence-electron chi connectivity index (χ3n) is 3.45. The lowest BCUT2D eigenvalue weighted by atomic mass is 10.2. The van der Waals surface area contributed by atoms with E-state index in [1.54, 1.807) is 7.05 Å². The Bertz CT molecular complexity index is 441. The molecule has 8 heteroatoms. The van der Waals surface area contributed by atoms with Crippen LogP contribution in [0.5, 0.6) is 0 Å². The summed E-state index contributed by atoms with van der Waals surface area (Å²) in [4.78, 5) is 40.4. The van der Waals surface area contributed by atoms with Gasteiger partial charge in [0.1, 0.15) is 0 Å². The fourth-order valence-corrected chi connectivity index (χ4v) is 2.11. The molecule has 3 amide bonds. The van der Waals surface area contributed by atoms with Crippen LogP contribution in [-0.4, -0.2) is 77.2 Å². The molecule has 0 atom stereocenters. The zero-order valence-electron chi connectivity index (χ0n) is 12.5. The largest absolute Gasteiger partial charge is 0.393 e. The third kappa shape index (κ3) is 5.30. The maximum absolute atomic E-state index is 11.9. The molecule has 1 aliphatic heterocycles. The van der Waals surface area contributed by atoms with Crippen LogP contribution in [0.4, 0.5) is 0 Å². The Labute approximate surface area is 130 Å². The Balaban J connectivity index is 2.40. The number of hydrogen-bond donors (Lipinski definition) is 1. The summed E-state index contributed by atoms with van der Waals surface area (Å²) in [5, 5.41) is 0. The van der Waals surface area contributed by atoms with Crippen molar-refractivity contribution in [3.8, 4) is 0 Å². The molecular weight excluding hydrogens is 292 g/mol. The molecule has 2 N–H and O–H groups in total. The fraction of sp³-hybridized carbons (Fsp3) is 0.692. The molecule has 1 rings (SSSR count). The van der Waals surface area contributed by atoms with Crippen LogP contribution in [0.25, 0.3) is 0 Å². The van der Waals surface area contributed by atoms with Gasteiger partial charge in [-0.25, -0.2) is 0 Å². The lowest BCUT2D eigenvalue weighted by molar-refractivity contribution is -0.150. The predicted octanol–water partition coefficient (Wildman–Crippen LogP) is -0.798. The topological polar surface area (TPSA) is 87.0 Å². The zero-order valence-corrected chi connectivity index (χ0v) is 13.3. The normalized spacial score (nSPS) is 15.3. The second-order valence-corrected chi connectivity index (χ2v) is 5.53. The summed E-state index contributed by atoms with van der Waals surface area (Å²) in [5.41, 5.74) is 5.39. The zero-order chi connectivity index (χ0) is 16.0. The molecule has 1 heterocycles. The first-order valence-electron chi connectivity index (χ1n) is 6.93. The van der Waals surface area contributed by atoms with E-state index < -0.39 is 0 Å². The van der Waals surface area contributed by atoms with Gasteiger partial charge in [0.25, 0.3) is 0 Å². The predicted molar refractivity (Wildman–Crippen MR) is 82.5 cm³/mol. The third-order valence-corrected chi connectivity index (χ3v) is 3.66. The Morgan fingerprint density at radius 2 is 1.81 bits per heavy atom. The molecule has 0 bridgehead atoms. The van der Waals surface area contributed by atoms with Crippen molar-refractivity contribution in [3.05, 3.63) is 0 Å². The highest BCUT2D eigenvalue weighted by Gasteiger charge is 2.29. The number of nitrogens with two attached hydrogens (primary N) is 1. The second kappa shape index (κ2) is 7.92. The maximum Gasteiger partial charge on any atom is 0.242 e. The minimum Gasteiger partial charge on any atom is -0.393 e. The molecule has 1 fully saturated rings. The van der Waals surface area contributed by atoms with Gasteiger partial charge < -0.3 is 20.4 Å². The highest BCUT2D eigenvalue weighted by molar-refractivity contribution is 7.80. The molecule has 0 aromatic carbocycles. The van der Waals surface area contributed by atoms with Crippen molar-refractivity contribution in [2.75, 3.05) is 39.8 Å². The molecular formula is C13H22N4O3S. The summed E-state index contributed by atoms with van der Waals surface area (Å²) in [6.07, 6.45) is 0.670. The minimum absolute atomic E-state index is 0.0521. The van der Waals surface area contributed by atoms with E-state index in [2.05, 4.69) is 0 Å². The van der Waals surface area contributed by atoms with E-state index in [0.29, 0.717) is 24.5 Å². The van der Waals surface area contributed by atoms with Crippen LogP contribution in [0.15, 0.2) is 0 Å².